The van der Waals surface area contributed by atoms with E-state index in [1.54, 1.807) is 0 Å². The van der Waals surface area contributed by atoms with Crippen LogP contribution in [0.1, 0.15) is 26.7 Å². The molecule has 0 saturated carbocycles. The van der Waals surface area contributed by atoms with Gasteiger partial charge in [-0.2, -0.15) is 4.68 Å². The quantitative estimate of drug-likeness (QED) is 0.736. The zero-order valence-corrected chi connectivity index (χ0v) is 9.60. The molecular weight excluding hydrogens is 204 g/mol. The maximum atomic E-state index is 11.6. The van der Waals surface area contributed by atoms with Gasteiger partial charge in [-0.1, -0.05) is 39.0 Å². The maximum absolute atomic E-state index is 11.6. The van der Waals surface area contributed by atoms with E-state index in [1.165, 1.54) is 4.68 Å². The van der Waals surface area contributed by atoms with Crippen molar-refractivity contribution in [3.05, 3.63) is 46.8 Å². The molecule has 0 spiro atoms. The van der Waals surface area contributed by atoms with Gasteiger partial charge >= 0.3 is 5.76 Å². The number of nitrogens with zero attached hydrogens (tertiary/aromatic N) is 2. The summed E-state index contributed by atoms with van der Waals surface area (Å²) in [6.45, 7) is 5.86. The first-order valence-electron chi connectivity index (χ1n) is 5.14. The van der Waals surface area contributed by atoms with Crippen LogP contribution in [0.4, 0.5) is 0 Å². The van der Waals surface area contributed by atoms with Crippen LogP contribution in [0.5, 0.6) is 0 Å². The Hall–Kier alpha value is -1.84. The lowest BCUT2D eigenvalue weighted by Crippen LogP contribution is -2.14. The van der Waals surface area contributed by atoms with Gasteiger partial charge in [-0.15, -0.1) is 5.10 Å². The highest BCUT2D eigenvalue weighted by atomic mass is 16.4. The average molecular weight is 218 g/mol. The summed E-state index contributed by atoms with van der Waals surface area (Å²) in [4.78, 5) is 11.6. The van der Waals surface area contributed by atoms with Gasteiger partial charge in [0.15, 0.2) is 0 Å². The summed E-state index contributed by atoms with van der Waals surface area (Å²) < 4.78 is 6.41. The van der Waals surface area contributed by atoms with Gasteiger partial charge in [0, 0.05) is 5.41 Å². The molecule has 0 amide bonds. The molecule has 2 rings (SSSR count). The molecule has 0 aliphatic heterocycles. The first kappa shape index (κ1) is 10.7. The molecule has 2 aromatic rings. The fraction of sp³-hybridized carbons (Fsp3) is 0.333. The van der Waals surface area contributed by atoms with Crippen LogP contribution in [-0.4, -0.2) is 9.78 Å². The highest BCUT2D eigenvalue weighted by molar-refractivity contribution is 5.29. The molecule has 0 aliphatic rings. The zero-order chi connectivity index (χ0) is 11.8. The molecule has 0 radical (unpaired) electrons. The summed E-state index contributed by atoms with van der Waals surface area (Å²) in [7, 11) is 0. The van der Waals surface area contributed by atoms with E-state index in [-0.39, 0.29) is 5.41 Å². The Morgan fingerprint density at radius 3 is 2.31 bits per heavy atom. The Bertz CT molecular complexity index is 532. The molecule has 1 aromatic carbocycles. The van der Waals surface area contributed by atoms with Crippen LogP contribution in [0.3, 0.4) is 0 Å². The van der Waals surface area contributed by atoms with Gasteiger partial charge in [-0.05, 0) is 12.1 Å². The third-order valence-electron chi connectivity index (χ3n) is 2.19. The van der Waals surface area contributed by atoms with Crippen molar-refractivity contribution >= 4 is 0 Å². The average Bonchev–Trinajstić information content (AvgIpc) is 2.61. The molecule has 0 atom stereocenters. The SMILES string of the molecule is CC(C)(C)c1nn(-c2ccccc2)c(=O)o1. The lowest BCUT2D eigenvalue weighted by molar-refractivity contribution is 0.375. The van der Waals surface area contributed by atoms with Gasteiger partial charge < -0.3 is 4.42 Å². The molecule has 0 unspecified atom stereocenters. The number of para-hydroxylation sites is 1. The fourth-order valence-corrected chi connectivity index (χ4v) is 1.31. The van der Waals surface area contributed by atoms with E-state index in [4.69, 9.17) is 4.42 Å². The summed E-state index contributed by atoms with van der Waals surface area (Å²) in [5.74, 6) is -0.00234. The molecule has 1 heterocycles. The standard InChI is InChI=1S/C12H14N2O2/c1-12(2,3)10-13-14(11(15)16-10)9-7-5-4-6-8-9/h4-8H,1-3H3. The summed E-state index contributed by atoms with van der Waals surface area (Å²) in [5, 5.41) is 4.19. The van der Waals surface area contributed by atoms with Gasteiger partial charge in [0.05, 0.1) is 5.69 Å². The van der Waals surface area contributed by atoms with Crippen LogP contribution in [0, 0.1) is 0 Å². The molecule has 1 aromatic heterocycles. The van der Waals surface area contributed by atoms with Crippen LogP contribution in [0.25, 0.3) is 5.69 Å². The summed E-state index contributed by atoms with van der Waals surface area (Å²) in [5.41, 5.74) is 0.450. The second-order valence-corrected chi connectivity index (χ2v) is 4.67. The lowest BCUT2D eigenvalue weighted by Gasteiger charge is -2.10. The van der Waals surface area contributed by atoms with Crippen molar-refractivity contribution in [2.75, 3.05) is 0 Å². The second kappa shape index (κ2) is 3.63. The highest BCUT2D eigenvalue weighted by Crippen LogP contribution is 2.18. The van der Waals surface area contributed by atoms with Gasteiger partial charge in [0.1, 0.15) is 0 Å². The molecule has 0 N–H and O–H groups in total. The number of hydrogen-bond donors (Lipinski definition) is 0. The largest absolute Gasteiger partial charge is 0.441 e. The molecule has 0 aliphatic carbocycles. The predicted molar refractivity (Wildman–Crippen MR) is 60.8 cm³/mol. The zero-order valence-electron chi connectivity index (χ0n) is 9.60. The number of benzene rings is 1. The van der Waals surface area contributed by atoms with Crippen molar-refractivity contribution in [2.24, 2.45) is 0 Å². The highest BCUT2D eigenvalue weighted by Gasteiger charge is 2.22. The smallest absolute Gasteiger partial charge is 0.391 e. The van der Waals surface area contributed by atoms with Crippen LogP contribution < -0.4 is 5.76 Å². The van der Waals surface area contributed by atoms with E-state index in [0.29, 0.717) is 11.6 Å². The van der Waals surface area contributed by atoms with Gasteiger partial charge in [-0.3, -0.25) is 0 Å². The Morgan fingerprint density at radius 1 is 1.19 bits per heavy atom. The van der Waals surface area contributed by atoms with Crippen molar-refractivity contribution < 1.29 is 4.42 Å². The first-order chi connectivity index (χ1) is 7.48. The van der Waals surface area contributed by atoms with E-state index < -0.39 is 5.76 Å². The summed E-state index contributed by atoms with van der Waals surface area (Å²) in [6.07, 6.45) is 0. The van der Waals surface area contributed by atoms with Crippen LogP contribution in [0.2, 0.25) is 0 Å². The Balaban J connectivity index is 2.53. The molecule has 16 heavy (non-hydrogen) atoms. The molecular formula is C12H14N2O2. The molecule has 0 fully saturated rings. The molecule has 4 heteroatoms. The molecule has 84 valence electrons. The molecule has 0 bridgehead atoms. The minimum absolute atomic E-state index is 0.265. The van der Waals surface area contributed by atoms with Gasteiger partial charge in [0.25, 0.3) is 0 Å². The Labute approximate surface area is 93.5 Å². The van der Waals surface area contributed by atoms with Crippen molar-refractivity contribution in [2.45, 2.75) is 26.2 Å². The Morgan fingerprint density at radius 2 is 1.81 bits per heavy atom. The van der Waals surface area contributed by atoms with Crippen LogP contribution >= 0.6 is 0 Å². The summed E-state index contributed by atoms with van der Waals surface area (Å²) in [6, 6.07) is 9.23. The number of hydrogen-bond acceptors (Lipinski definition) is 3. The van der Waals surface area contributed by atoms with Crippen molar-refractivity contribution in [1.82, 2.24) is 9.78 Å². The van der Waals surface area contributed by atoms with E-state index in [0.717, 1.165) is 0 Å². The van der Waals surface area contributed by atoms with Crippen molar-refractivity contribution in [3.63, 3.8) is 0 Å². The van der Waals surface area contributed by atoms with Crippen LogP contribution in [0.15, 0.2) is 39.5 Å². The third-order valence-corrected chi connectivity index (χ3v) is 2.19. The normalized spacial score (nSPS) is 11.7. The van der Waals surface area contributed by atoms with E-state index >= 15 is 0 Å². The minimum atomic E-state index is -0.448. The topological polar surface area (TPSA) is 48.0 Å². The maximum Gasteiger partial charge on any atom is 0.441 e. The fourth-order valence-electron chi connectivity index (χ4n) is 1.31. The third kappa shape index (κ3) is 1.91. The van der Waals surface area contributed by atoms with E-state index in [1.807, 2.05) is 51.1 Å². The predicted octanol–water partition coefficient (Wildman–Crippen LogP) is 2.12. The number of aromatic nitrogens is 2. The minimum Gasteiger partial charge on any atom is -0.391 e. The first-order valence-corrected chi connectivity index (χ1v) is 5.14. The monoisotopic (exact) mass is 218 g/mol. The second-order valence-electron chi connectivity index (χ2n) is 4.67. The van der Waals surface area contributed by atoms with E-state index in [2.05, 4.69) is 5.10 Å². The lowest BCUT2D eigenvalue weighted by atomic mass is 9.97. The van der Waals surface area contributed by atoms with Gasteiger partial charge in [0.2, 0.25) is 5.89 Å². The van der Waals surface area contributed by atoms with Crippen molar-refractivity contribution in [1.29, 1.82) is 0 Å². The Kier molecular flexibility index (Phi) is 2.42. The summed E-state index contributed by atoms with van der Waals surface area (Å²) >= 11 is 0. The van der Waals surface area contributed by atoms with Crippen molar-refractivity contribution in [3.8, 4) is 5.69 Å². The molecule has 0 saturated heterocycles. The number of rotatable bonds is 1. The van der Waals surface area contributed by atoms with E-state index in [9.17, 15) is 4.79 Å². The molecule has 4 nitrogen and oxygen atoms in total. The van der Waals surface area contributed by atoms with Crippen LogP contribution in [-0.2, 0) is 5.41 Å². The van der Waals surface area contributed by atoms with Gasteiger partial charge in [-0.25, -0.2) is 4.79 Å².